The van der Waals surface area contributed by atoms with Gasteiger partial charge in [0, 0.05) is 0 Å². The average molecular weight is 339 g/mol. The van der Waals surface area contributed by atoms with Crippen molar-refractivity contribution < 1.29 is 30.6 Å². The summed E-state index contributed by atoms with van der Waals surface area (Å²) in [5.74, 6) is 0.323. The van der Waals surface area contributed by atoms with E-state index in [0.717, 1.165) is 32.2 Å². The molecule has 1 aliphatic rings. The third kappa shape index (κ3) is 19.0. The largest absolute Gasteiger partial charge is 4.00 e. The molecule has 2 atom stereocenters. The normalized spacial score (nSPS) is 20.3. The predicted molar refractivity (Wildman–Crippen MR) is 77.8 cm³/mol. The van der Waals surface area contributed by atoms with E-state index in [4.69, 9.17) is 0 Å². The van der Waals surface area contributed by atoms with Crippen molar-refractivity contribution in [3.05, 3.63) is 23.4 Å². The summed E-state index contributed by atoms with van der Waals surface area (Å²) in [5, 5.41) is 11.0. The number of hydrogen-bond acceptors (Lipinski definition) is 0. The predicted octanol–water partition coefficient (Wildman–Crippen LogP) is 4.21. The molecule has 0 bridgehead atoms. The molecule has 1 fully saturated rings. The van der Waals surface area contributed by atoms with Gasteiger partial charge in [-0.2, -0.15) is 35.2 Å². The molecular formula is C13H30FN3Zr. The smallest absolute Gasteiger partial charge is 0.668 e. The molecule has 0 N–H and O–H groups in total. The van der Waals surface area contributed by atoms with E-state index in [1.165, 1.54) is 0 Å². The van der Waals surface area contributed by atoms with Crippen LogP contribution in [0.15, 0.2) is 0 Å². The van der Waals surface area contributed by atoms with E-state index in [-0.39, 0.29) is 33.6 Å². The number of hydrogen-bond donors (Lipinski definition) is 0. The van der Waals surface area contributed by atoms with Crippen LogP contribution in [0.3, 0.4) is 0 Å². The number of nitrogens with zero attached hydrogens (tertiary/aromatic N) is 3. The van der Waals surface area contributed by atoms with E-state index in [1.54, 1.807) is 35.2 Å². The molecular weight excluding hydrogens is 308 g/mol. The van der Waals surface area contributed by atoms with Crippen LogP contribution in [0, 0.1) is 13.3 Å². The summed E-state index contributed by atoms with van der Waals surface area (Å²) in [4.78, 5) is 0. The van der Waals surface area contributed by atoms with E-state index in [9.17, 15) is 4.39 Å². The Labute approximate surface area is 133 Å². The SMILES string of the molecule is C[N-]C.C[N-]C.C[N-]CCC1CCCC1F.[CH3-].[Zr+4]. The first kappa shape index (κ1) is 27.1. The first-order valence-electron chi connectivity index (χ1n) is 5.83. The van der Waals surface area contributed by atoms with Crippen molar-refractivity contribution in [2.24, 2.45) is 5.92 Å². The van der Waals surface area contributed by atoms with Gasteiger partial charge in [-0.3, -0.25) is 0 Å². The fourth-order valence-corrected chi connectivity index (χ4v) is 1.61. The molecule has 5 heteroatoms. The first-order chi connectivity index (χ1) is 7.67. The maximum Gasteiger partial charge on any atom is 4.00 e. The molecule has 3 nitrogen and oxygen atoms in total. The van der Waals surface area contributed by atoms with Gasteiger partial charge in [0.05, 0.1) is 0 Å². The Kier molecular flexibility index (Phi) is 34.4. The standard InChI is InChI=1S/C8H15FN.2C2H6N.CH3.Zr/c1-10-6-5-7-3-2-4-8(7)9;2*1-3-2;;/h7-8H,2-6H2,1H3;2*1-2H3;1H3;/q4*-1;+4. The molecule has 0 aromatic rings. The fraction of sp³-hybridized carbons (Fsp3) is 0.923. The first-order valence-corrected chi connectivity index (χ1v) is 5.83. The van der Waals surface area contributed by atoms with Gasteiger partial charge in [-0.25, -0.2) is 4.39 Å². The Balaban J connectivity index is -0.000000106. The number of alkyl halides is 1. The van der Waals surface area contributed by atoms with E-state index in [2.05, 4.69) is 16.0 Å². The van der Waals surface area contributed by atoms with Gasteiger partial charge in [-0.15, -0.1) is 6.54 Å². The van der Waals surface area contributed by atoms with Crippen molar-refractivity contribution in [1.82, 2.24) is 0 Å². The van der Waals surface area contributed by atoms with Crippen LogP contribution >= 0.6 is 0 Å². The van der Waals surface area contributed by atoms with Crippen LogP contribution in [0.5, 0.6) is 0 Å². The maximum atomic E-state index is 12.9. The Morgan fingerprint density at radius 3 is 1.72 bits per heavy atom. The van der Waals surface area contributed by atoms with Crippen molar-refractivity contribution >= 4 is 0 Å². The molecule has 0 heterocycles. The molecule has 108 valence electrons. The third-order valence-electron chi connectivity index (χ3n) is 2.29. The minimum absolute atomic E-state index is 0. The average Bonchev–Trinajstić information content (AvgIpc) is 2.63. The van der Waals surface area contributed by atoms with Crippen LogP contribution < -0.4 is 0 Å². The zero-order valence-corrected chi connectivity index (χ0v) is 15.4. The van der Waals surface area contributed by atoms with Gasteiger partial charge in [0.1, 0.15) is 6.17 Å². The molecule has 2 unspecified atom stereocenters. The number of halogens is 1. The molecule has 18 heavy (non-hydrogen) atoms. The van der Waals surface area contributed by atoms with Crippen molar-refractivity contribution in [3.8, 4) is 0 Å². The van der Waals surface area contributed by atoms with Gasteiger partial charge >= 0.3 is 26.2 Å². The third-order valence-corrected chi connectivity index (χ3v) is 2.29. The second-order valence-corrected chi connectivity index (χ2v) is 3.93. The topological polar surface area (TPSA) is 42.3 Å². The van der Waals surface area contributed by atoms with Gasteiger partial charge in [-0.1, -0.05) is 12.8 Å². The molecule has 0 saturated heterocycles. The van der Waals surface area contributed by atoms with Crippen molar-refractivity contribution in [2.75, 3.05) is 41.8 Å². The zero-order valence-electron chi connectivity index (χ0n) is 12.9. The van der Waals surface area contributed by atoms with E-state index in [0.29, 0.717) is 5.92 Å². The summed E-state index contributed by atoms with van der Waals surface area (Å²) in [7, 11) is 8.79. The van der Waals surface area contributed by atoms with Crippen molar-refractivity contribution in [1.29, 1.82) is 0 Å². The molecule has 1 aliphatic carbocycles. The molecule has 0 aromatic carbocycles. The Bertz CT molecular complexity index is 127. The minimum atomic E-state index is -0.526. The van der Waals surface area contributed by atoms with Crippen molar-refractivity contribution in [2.45, 2.75) is 31.9 Å². The van der Waals surface area contributed by atoms with Crippen molar-refractivity contribution in [3.63, 3.8) is 0 Å². The van der Waals surface area contributed by atoms with Gasteiger partial charge in [0.25, 0.3) is 0 Å². The van der Waals surface area contributed by atoms with E-state index >= 15 is 0 Å². The quantitative estimate of drug-likeness (QED) is 0.692. The fourth-order valence-electron chi connectivity index (χ4n) is 1.61. The van der Waals surface area contributed by atoms with Gasteiger partial charge in [0.15, 0.2) is 0 Å². The van der Waals surface area contributed by atoms with Gasteiger partial charge < -0.3 is 23.4 Å². The summed E-state index contributed by atoms with van der Waals surface area (Å²) in [6, 6.07) is 0. The Hall–Kier alpha value is 0.693. The number of rotatable bonds is 3. The molecule has 0 aromatic heterocycles. The summed E-state index contributed by atoms with van der Waals surface area (Å²) >= 11 is 0. The second-order valence-electron chi connectivity index (χ2n) is 3.93. The molecule has 1 saturated carbocycles. The monoisotopic (exact) mass is 337 g/mol. The van der Waals surface area contributed by atoms with Crippen LogP contribution in [0.1, 0.15) is 25.7 Å². The minimum Gasteiger partial charge on any atom is -0.668 e. The van der Waals surface area contributed by atoms with Crippen LogP contribution in [0.2, 0.25) is 0 Å². The molecule has 0 aliphatic heterocycles. The van der Waals surface area contributed by atoms with Crippen LogP contribution in [-0.2, 0) is 26.2 Å². The summed E-state index contributed by atoms with van der Waals surface area (Å²) in [6.45, 7) is 0.838. The summed E-state index contributed by atoms with van der Waals surface area (Å²) < 4.78 is 12.9. The maximum absolute atomic E-state index is 12.9. The van der Waals surface area contributed by atoms with Gasteiger partial charge in [-0.05, 0) is 18.8 Å². The Morgan fingerprint density at radius 2 is 1.44 bits per heavy atom. The van der Waals surface area contributed by atoms with Crippen LogP contribution in [0.4, 0.5) is 4.39 Å². The molecule has 1 rings (SSSR count). The molecule has 0 radical (unpaired) electrons. The molecule has 0 amide bonds. The molecule has 0 spiro atoms. The summed E-state index contributed by atoms with van der Waals surface area (Å²) in [5.41, 5.74) is 0. The van der Waals surface area contributed by atoms with Crippen LogP contribution in [-0.4, -0.2) is 48.0 Å². The zero-order chi connectivity index (χ0) is 12.8. The Morgan fingerprint density at radius 1 is 1.00 bits per heavy atom. The van der Waals surface area contributed by atoms with E-state index in [1.807, 2.05) is 0 Å². The second kappa shape index (κ2) is 22.8. The van der Waals surface area contributed by atoms with Crippen LogP contribution in [0.25, 0.3) is 16.0 Å². The van der Waals surface area contributed by atoms with E-state index < -0.39 is 6.17 Å². The van der Waals surface area contributed by atoms with Gasteiger partial charge in [0.2, 0.25) is 0 Å². The summed E-state index contributed by atoms with van der Waals surface area (Å²) in [6.07, 6.45) is 3.37.